The first-order valence-corrected chi connectivity index (χ1v) is 8.71. The molecule has 0 aliphatic carbocycles. The molecule has 0 heterocycles. The summed E-state index contributed by atoms with van der Waals surface area (Å²) in [6, 6.07) is 1.98. The van der Waals surface area contributed by atoms with Gasteiger partial charge >= 0.3 is 0 Å². The summed E-state index contributed by atoms with van der Waals surface area (Å²) in [7, 11) is 0. The van der Waals surface area contributed by atoms with E-state index in [0.29, 0.717) is 0 Å². The Hall–Kier alpha value is 0.940. The summed E-state index contributed by atoms with van der Waals surface area (Å²) in [5.74, 6) is 0.850. The van der Waals surface area contributed by atoms with Crippen LogP contribution in [0.3, 0.4) is 0 Å². The molecular weight excluding hydrogens is 480 g/mol. The van der Waals surface area contributed by atoms with Crippen LogP contribution in [0.1, 0.15) is 32.6 Å². The van der Waals surface area contributed by atoms with Crippen LogP contribution in [0, 0.1) is 0 Å². The van der Waals surface area contributed by atoms with E-state index in [2.05, 4.69) is 70.6 Å². The molecule has 1 aromatic carbocycles. The summed E-state index contributed by atoms with van der Waals surface area (Å²) in [6.07, 6.45) is 4.83. The molecule has 0 amide bonds. The van der Waals surface area contributed by atoms with Gasteiger partial charge in [0.15, 0.2) is 0 Å². The molecule has 0 spiro atoms. The smallest absolute Gasteiger partial charge is 0.149 e. The second kappa shape index (κ2) is 8.18. The van der Waals surface area contributed by atoms with Crippen molar-refractivity contribution >= 4 is 63.7 Å². The fourth-order valence-electron chi connectivity index (χ4n) is 1.38. The molecule has 0 saturated carbocycles. The number of rotatable bonds is 6. The molecule has 0 bridgehead atoms. The van der Waals surface area contributed by atoms with Gasteiger partial charge < -0.3 is 4.74 Å². The van der Waals surface area contributed by atoms with Crippen LogP contribution < -0.4 is 4.74 Å². The van der Waals surface area contributed by atoms with Gasteiger partial charge in [-0.15, -0.1) is 0 Å². The zero-order chi connectivity index (χ0) is 12.8. The van der Waals surface area contributed by atoms with Crippen molar-refractivity contribution in [2.24, 2.45) is 0 Å². The summed E-state index contributed by atoms with van der Waals surface area (Å²) in [6.45, 7) is 2.96. The van der Waals surface area contributed by atoms with Crippen molar-refractivity contribution in [3.05, 3.63) is 24.0 Å². The van der Waals surface area contributed by atoms with E-state index in [4.69, 9.17) is 4.74 Å². The molecule has 96 valence electrons. The van der Waals surface area contributed by atoms with Crippen molar-refractivity contribution < 1.29 is 4.74 Å². The van der Waals surface area contributed by atoms with Gasteiger partial charge in [-0.2, -0.15) is 0 Å². The number of hydrogen-bond acceptors (Lipinski definition) is 1. The van der Waals surface area contributed by atoms with Crippen LogP contribution in [0.4, 0.5) is 0 Å². The third-order valence-corrected chi connectivity index (χ3v) is 6.21. The van der Waals surface area contributed by atoms with Crippen LogP contribution in [-0.4, -0.2) is 6.61 Å². The van der Waals surface area contributed by atoms with Gasteiger partial charge in [-0.25, -0.2) is 0 Å². The largest absolute Gasteiger partial charge is 0.491 e. The molecule has 0 atom stereocenters. The van der Waals surface area contributed by atoms with Gasteiger partial charge in [0.2, 0.25) is 0 Å². The van der Waals surface area contributed by atoms with Gasteiger partial charge in [0.05, 0.1) is 15.6 Å². The minimum absolute atomic E-state index is 0.750. The highest BCUT2D eigenvalue weighted by atomic mass is 79.9. The highest BCUT2D eigenvalue weighted by Crippen LogP contribution is 2.43. The van der Waals surface area contributed by atoms with Gasteiger partial charge in [-0.1, -0.05) is 26.2 Å². The fraction of sp³-hybridized carbons (Fsp3) is 0.500. The molecule has 17 heavy (non-hydrogen) atoms. The Kier molecular flexibility index (Phi) is 7.70. The Labute approximate surface area is 136 Å². The zero-order valence-corrected chi connectivity index (χ0v) is 15.9. The average Bonchev–Trinajstić information content (AvgIpc) is 2.30. The molecule has 0 saturated heterocycles. The van der Waals surface area contributed by atoms with Gasteiger partial charge in [0.25, 0.3) is 0 Å². The third-order valence-electron chi connectivity index (χ3n) is 2.32. The van der Waals surface area contributed by atoms with Crippen LogP contribution in [0.5, 0.6) is 5.75 Å². The highest BCUT2D eigenvalue weighted by Gasteiger charge is 2.13. The molecule has 0 unspecified atom stereocenters. The van der Waals surface area contributed by atoms with Gasteiger partial charge in [0, 0.05) is 8.95 Å². The molecule has 1 nitrogen and oxygen atoms in total. The number of halogens is 4. The molecule has 0 N–H and O–H groups in total. The monoisotopic (exact) mass is 490 g/mol. The maximum atomic E-state index is 5.82. The Morgan fingerprint density at radius 1 is 0.941 bits per heavy atom. The molecule has 5 heteroatoms. The first kappa shape index (κ1) is 16.0. The van der Waals surface area contributed by atoms with E-state index >= 15 is 0 Å². The lowest BCUT2D eigenvalue weighted by Gasteiger charge is -2.12. The normalized spacial score (nSPS) is 10.6. The van der Waals surface area contributed by atoms with Crippen molar-refractivity contribution in [1.29, 1.82) is 0 Å². The van der Waals surface area contributed by atoms with Crippen molar-refractivity contribution in [3.8, 4) is 5.75 Å². The van der Waals surface area contributed by atoms with Gasteiger partial charge in [0.1, 0.15) is 5.75 Å². The summed E-state index contributed by atoms with van der Waals surface area (Å²) in [5, 5.41) is 0. The van der Waals surface area contributed by atoms with E-state index in [9.17, 15) is 0 Å². The van der Waals surface area contributed by atoms with E-state index in [1.165, 1.54) is 19.3 Å². The quantitative estimate of drug-likeness (QED) is 0.317. The number of benzene rings is 1. The first-order valence-electron chi connectivity index (χ1n) is 5.53. The Bertz CT molecular complexity index is 353. The van der Waals surface area contributed by atoms with E-state index in [0.717, 1.165) is 36.7 Å². The summed E-state index contributed by atoms with van der Waals surface area (Å²) in [5.41, 5.74) is 0. The van der Waals surface area contributed by atoms with Crippen LogP contribution >= 0.6 is 63.7 Å². The molecule has 1 rings (SSSR count). The third kappa shape index (κ3) is 4.84. The molecule has 1 aromatic rings. The van der Waals surface area contributed by atoms with E-state index in [1.807, 2.05) is 6.07 Å². The fourth-order valence-corrected chi connectivity index (χ4v) is 3.63. The van der Waals surface area contributed by atoms with Crippen molar-refractivity contribution in [2.75, 3.05) is 6.61 Å². The summed E-state index contributed by atoms with van der Waals surface area (Å²) < 4.78 is 9.68. The van der Waals surface area contributed by atoms with E-state index in [-0.39, 0.29) is 0 Å². The maximum Gasteiger partial charge on any atom is 0.149 e. The van der Waals surface area contributed by atoms with Crippen LogP contribution in [0.15, 0.2) is 24.0 Å². The minimum Gasteiger partial charge on any atom is -0.491 e. The molecule has 0 aromatic heterocycles. The highest BCUT2D eigenvalue weighted by molar-refractivity contribution is 9.14. The predicted octanol–water partition coefficient (Wildman–Crippen LogP) is 6.70. The average molecular weight is 494 g/mol. The lowest BCUT2D eigenvalue weighted by molar-refractivity contribution is 0.301. The Balaban J connectivity index is 2.64. The van der Waals surface area contributed by atoms with E-state index in [1.54, 1.807) is 0 Å². The number of ether oxygens (including phenoxy) is 1. The maximum absolute atomic E-state index is 5.82. The van der Waals surface area contributed by atoms with Crippen molar-refractivity contribution in [2.45, 2.75) is 32.6 Å². The molecule has 0 aliphatic rings. The SMILES string of the molecule is CCCCCCOc1c(Br)c(Br)cc(Br)c1Br. The van der Waals surface area contributed by atoms with Gasteiger partial charge in [-0.05, 0) is 76.2 Å². The van der Waals surface area contributed by atoms with Crippen LogP contribution in [-0.2, 0) is 0 Å². The standard InChI is InChI=1S/C12H14Br4O/c1-2-3-4-5-6-17-12-10(15)8(13)7-9(14)11(12)16/h7H,2-6H2,1H3. The number of hydrogen-bond donors (Lipinski definition) is 0. The van der Waals surface area contributed by atoms with Crippen LogP contribution in [0.25, 0.3) is 0 Å². The topological polar surface area (TPSA) is 9.23 Å². The predicted molar refractivity (Wildman–Crippen MR) is 86.9 cm³/mol. The Morgan fingerprint density at radius 3 is 2.06 bits per heavy atom. The van der Waals surface area contributed by atoms with Gasteiger partial charge in [-0.3, -0.25) is 0 Å². The minimum atomic E-state index is 0.750. The summed E-state index contributed by atoms with van der Waals surface area (Å²) in [4.78, 5) is 0. The lowest BCUT2D eigenvalue weighted by atomic mass is 10.2. The summed E-state index contributed by atoms with van der Waals surface area (Å²) >= 11 is 14.0. The number of unbranched alkanes of at least 4 members (excludes halogenated alkanes) is 3. The zero-order valence-electron chi connectivity index (χ0n) is 9.53. The van der Waals surface area contributed by atoms with Crippen LogP contribution in [0.2, 0.25) is 0 Å². The molecule has 0 aliphatic heterocycles. The Morgan fingerprint density at radius 2 is 1.53 bits per heavy atom. The molecule has 0 radical (unpaired) electrons. The van der Waals surface area contributed by atoms with E-state index < -0.39 is 0 Å². The molecular formula is C12H14Br4O. The lowest BCUT2D eigenvalue weighted by Crippen LogP contribution is -1.99. The second-order valence-corrected chi connectivity index (χ2v) is 7.00. The molecule has 0 fully saturated rings. The van der Waals surface area contributed by atoms with Crippen molar-refractivity contribution in [3.63, 3.8) is 0 Å². The second-order valence-electron chi connectivity index (χ2n) is 3.71. The first-order chi connectivity index (χ1) is 8.07. The van der Waals surface area contributed by atoms with Crippen molar-refractivity contribution in [1.82, 2.24) is 0 Å².